The van der Waals surface area contributed by atoms with Gasteiger partial charge in [-0.3, -0.25) is 9.69 Å². The lowest BCUT2D eigenvalue weighted by molar-refractivity contribution is -0.131. The average molecular weight is 226 g/mol. The average Bonchev–Trinajstić information content (AvgIpc) is 2.15. The Morgan fingerprint density at radius 1 is 1.25 bits per heavy atom. The van der Waals surface area contributed by atoms with Gasteiger partial charge in [-0.2, -0.15) is 0 Å². The molecule has 92 valence electrons. The smallest absolute Gasteiger partial charge is 0.319 e. The van der Waals surface area contributed by atoms with E-state index in [1.165, 1.54) is 4.90 Å². The summed E-state index contributed by atoms with van der Waals surface area (Å²) in [4.78, 5) is 27.0. The Hall–Kier alpha value is -1.06. The van der Waals surface area contributed by atoms with Crippen LogP contribution in [0.1, 0.15) is 47.0 Å². The van der Waals surface area contributed by atoms with Crippen LogP contribution in [0.3, 0.4) is 0 Å². The molecule has 0 spiro atoms. The first kappa shape index (κ1) is 13.0. The summed E-state index contributed by atoms with van der Waals surface area (Å²) < 4.78 is 0. The molecule has 0 aromatic heterocycles. The fraction of sp³-hybridized carbons (Fsp3) is 0.833. The molecule has 0 atom stereocenters. The van der Waals surface area contributed by atoms with E-state index in [9.17, 15) is 9.59 Å². The predicted molar refractivity (Wildman–Crippen MR) is 63.1 cm³/mol. The second-order valence-electron chi connectivity index (χ2n) is 5.25. The summed E-state index contributed by atoms with van der Waals surface area (Å²) in [7, 11) is 0. The van der Waals surface area contributed by atoms with Crippen molar-refractivity contribution in [3.05, 3.63) is 0 Å². The van der Waals surface area contributed by atoms with Crippen molar-refractivity contribution < 1.29 is 9.59 Å². The second kappa shape index (κ2) is 4.85. The minimum Gasteiger partial charge on any atom is -0.319 e. The molecule has 1 heterocycles. The van der Waals surface area contributed by atoms with Crippen molar-refractivity contribution in [1.82, 2.24) is 9.80 Å². The number of hydrogen-bond acceptors (Lipinski definition) is 2. The maximum Gasteiger partial charge on any atom is 0.327 e. The normalized spacial score (nSPS) is 18.2. The van der Waals surface area contributed by atoms with Crippen molar-refractivity contribution >= 4 is 11.9 Å². The van der Waals surface area contributed by atoms with Gasteiger partial charge in [0.1, 0.15) is 0 Å². The van der Waals surface area contributed by atoms with Crippen LogP contribution in [0, 0.1) is 0 Å². The predicted octanol–water partition coefficient (Wildman–Crippen LogP) is 2.24. The van der Waals surface area contributed by atoms with Crippen LogP contribution in [0.25, 0.3) is 0 Å². The van der Waals surface area contributed by atoms with E-state index in [2.05, 4.69) is 6.92 Å². The van der Waals surface area contributed by atoms with Crippen molar-refractivity contribution in [2.75, 3.05) is 13.1 Å². The van der Waals surface area contributed by atoms with Crippen molar-refractivity contribution in [2.24, 2.45) is 0 Å². The van der Waals surface area contributed by atoms with Crippen LogP contribution >= 0.6 is 0 Å². The quantitative estimate of drug-likeness (QED) is 0.740. The third-order valence-electron chi connectivity index (χ3n) is 2.86. The van der Waals surface area contributed by atoms with Gasteiger partial charge in [-0.15, -0.1) is 0 Å². The van der Waals surface area contributed by atoms with Gasteiger partial charge in [0.25, 0.3) is 0 Å². The highest BCUT2D eigenvalue weighted by Crippen LogP contribution is 2.21. The number of hydrogen-bond donors (Lipinski definition) is 0. The number of rotatable bonds is 3. The summed E-state index contributed by atoms with van der Waals surface area (Å²) in [5, 5.41) is 0. The molecule has 0 N–H and O–H groups in total. The van der Waals surface area contributed by atoms with E-state index in [-0.39, 0.29) is 17.5 Å². The molecule has 3 amide bonds. The van der Waals surface area contributed by atoms with E-state index in [0.717, 1.165) is 12.8 Å². The molecule has 0 radical (unpaired) electrons. The van der Waals surface area contributed by atoms with E-state index in [0.29, 0.717) is 19.5 Å². The highest BCUT2D eigenvalue weighted by molar-refractivity contribution is 5.97. The molecule has 0 saturated carbocycles. The first-order valence-corrected chi connectivity index (χ1v) is 6.00. The number of imide groups is 1. The highest BCUT2D eigenvalue weighted by Gasteiger charge is 2.36. The molecule has 16 heavy (non-hydrogen) atoms. The minimum atomic E-state index is -0.206. The maximum absolute atomic E-state index is 12.1. The van der Waals surface area contributed by atoms with E-state index < -0.39 is 0 Å². The monoisotopic (exact) mass is 226 g/mol. The molecular weight excluding hydrogens is 204 g/mol. The molecule has 1 aliphatic heterocycles. The number of unbranched alkanes of at least 4 members (excludes halogenated alkanes) is 1. The first-order valence-electron chi connectivity index (χ1n) is 6.00. The van der Waals surface area contributed by atoms with Crippen LogP contribution < -0.4 is 0 Å². The number of carbonyl (C=O) groups excluding carboxylic acids is 2. The molecular formula is C12H22N2O2. The van der Waals surface area contributed by atoms with E-state index in [1.54, 1.807) is 4.90 Å². The highest BCUT2D eigenvalue weighted by atomic mass is 16.2. The zero-order valence-corrected chi connectivity index (χ0v) is 10.7. The van der Waals surface area contributed by atoms with Crippen LogP contribution in [-0.2, 0) is 4.79 Å². The zero-order valence-electron chi connectivity index (χ0n) is 10.7. The lowest BCUT2D eigenvalue weighted by atomic mass is 10.0. The van der Waals surface area contributed by atoms with Crippen LogP contribution in [0.4, 0.5) is 4.79 Å². The SMILES string of the molecule is CCCCN1C(=O)CCN(C(C)(C)C)C1=O. The molecule has 0 aromatic carbocycles. The van der Waals surface area contributed by atoms with Crippen LogP contribution in [0.2, 0.25) is 0 Å². The van der Waals surface area contributed by atoms with Crippen molar-refractivity contribution in [1.29, 1.82) is 0 Å². The van der Waals surface area contributed by atoms with Gasteiger partial charge in [-0.05, 0) is 27.2 Å². The molecule has 0 aliphatic carbocycles. The summed E-state index contributed by atoms with van der Waals surface area (Å²) in [6.45, 7) is 9.15. The van der Waals surface area contributed by atoms with Gasteiger partial charge in [0.2, 0.25) is 5.91 Å². The Labute approximate surface area is 97.6 Å². The molecule has 1 saturated heterocycles. The van der Waals surface area contributed by atoms with Crippen molar-refractivity contribution in [3.8, 4) is 0 Å². The lowest BCUT2D eigenvalue weighted by Gasteiger charge is -2.42. The number of carbonyl (C=O) groups is 2. The van der Waals surface area contributed by atoms with Crippen LogP contribution in [0.15, 0.2) is 0 Å². The Morgan fingerprint density at radius 3 is 2.38 bits per heavy atom. The van der Waals surface area contributed by atoms with Gasteiger partial charge in [-0.25, -0.2) is 4.79 Å². The molecule has 0 unspecified atom stereocenters. The molecule has 0 aromatic rings. The van der Waals surface area contributed by atoms with Crippen LogP contribution in [0.5, 0.6) is 0 Å². The van der Waals surface area contributed by atoms with E-state index in [4.69, 9.17) is 0 Å². The van der Waals surface area contributed by atoms with E-state index >= 15 is 0 Å². The zero-order chi connectivity index (χ0) is 12.3. The maximum atomic E-state index is 12.1. The summed E-state index contributed by atoms with van der Waals surface area (Å²) in [6, 6.07) is -0.128. The van der Waals surface area contributed by atoms with Gasteiger partial charge in [0.15, 0.2) is 0 Å². The van der Waals surface area contributed by atoms with Crippen LogP contribution in [-0.4, -0.2) is 40.4 Å². The molecule has 0 bridgehead atoms. The van der Waals surface area contributed by atoms with Crippen molar-refractivity contribution in [2.45, 2.75) is 52.5 Å². The Balaban J connectivity index is 2.75. The van der Waals surface area contributed by atoms with Gasteiger partial charge in [-0.1, -0.05) is 13.3 Å². The summed E-state index contributed by atoms with van der Waals surface area (Å²) in [6.07, 6.45) is 2.33. The van der Waals surface area contributed by atoms with Gasteiger partial charge >= 0.3 is 6.03 Å². The van der Waals surface area contributed by atoms with Crippen molar-refractivity contribution in [3.63, 3.8) is 0 Å². The third-order valence-corrected chi connectivity index (χ3v) is 2.86. The number of amides is 3. The topological polar surface area (TPSA) is 40.6 Å². The summed E-state index contributed by atoms with van der Waals surface area (Å²) >= 11 is 0. The van der Waals surface area contributed by atoms with Gasteiger partial charge < -0.3 is 4.90 Å². The molecule has 4 heteroatoms. The Kier molecular flexibility index (Phi) is 3.94. The standard InChI is InChI=1S/C12H22N2O2/c1-5-6-8-13-10(15)7-9-14(11(13)16)12(2,3)4/h5-9H2,1-4H3. The summed E-state index contributed by atoms with van der Waals surface area (Å²) in [5.41, 5.74) is -0.206. The number of urea groups is 1. The fourth-order valence-electron chi connectivity index (χ4n) is 1.85. The largest absolute Gasteiger partial charge is 0.327 e. The fourth-order valence-corrected chi connectivity index (χ4v) is 1.85. The Bertz CT molecular complexity index is 281. The summed E-state index contributed by atoms with van der Waals surface area (Å²) in [5.74, 6) is -0.0287. The van der Waals surface area contributed by atoms with Gasteiger partial charge in [0.05, 0.1) is 0 Å². The molecule has 1 aliphatic rings. The lowest BCUT2D eigenvalue weighted by Crippen LogP contribution is -2.58. The molecule has 1 rings (SSSR count). The second-order valence-corrected chi connectivity index (χ2v) is 5.25. The minimum absolute atomic E-state index is 0.0287. The van der Waals surface area contributed by atoms with Gasteiger partial charge in [0, 0.05) is 25.0 Å². The molecule has 4 nitrogen and oxygen atoms in total. The van der Waals surface area contributed by atoms with E-state index in [1.807, 2.05) is 20.8 Å². The first-order chi connectivity index (χ1) is 7.38. The number of nitrogens with zero attached hydrogens (tertiary/aromatic N) is 2. The third kappa shape index (κ3) is 2.74. The molecule has 1 fully saturated rings. The Morgan fingerprint density at radius 2 is 1.88 bits per heavy atom.